The van der Waals surface area contributed by atoms with Gasteiger partial charge in [0.05, 0.1) is 11.4 Å². The Balaban J connectivity index is 0.000000220. The summed E-state index contributed by atoms with van der Waals surface area (Å²) in [4.78, 5) is 47.1. The van der Waals surface area contributed by atoms with Crippen molar-refractivity contribution in [2.24, 2.45) is 0 Å². The second kappa shape index (κ2) is 34.0. The van der Waals surface area contributed by atoms with Gasteiger partial charge in [0.15, 0.2) is 17.4 Å². The molecule has 4 aromatic heterocycles. The number of nitrogens with one attached hydrogen (secondary N) is 3. The number of rotatable bonds is 31. The lowest BCUT2D eigenvalue weighted by atomic mass is 9.96. The minimum absolute atomic E-state index is 0.151. The van der Waals surface area contributed by atoms with E-state index < -0.39 is 106 Å². The van der Waals surface area contributed by atoms with E-state index in [1.807, 2.05) is 6.07 Å². The third-order valence-electron chi connectivity index (χ3n) is 18.3. The number of aromatic nitrogens is 6. The van der Waals surface area contributed by atoms with Crippen LogP contribution in [0.1, 0.15) is 187 Å². The van der Waals surface area contributed by atoms with Crippen LogP contribution in [0.25, 0.3) is 11.0 Å². The Hall–Kier alpha value is -7.47. The highest BCUT2D eigenvalue weighted by Gasteiger charge is 2.65. The fraction of sp³-hybridized carbons (Fsp3) is 0.580. The highest BCUT2D eigenvalue weighted by molar-refractivity contribution is 7.52. The quantitative estimate of drug-likeness (QED) is 0.0134. The van der Waals surface area contributed by atoms with Crippen LogP contribution in [0.5, 0.6) is 11.5 Å². The number of fused-ring (bicyclic) bond motifs is 3. The molecule has 5 fully saturated rings. The Morgan fingerprint density at radius 3 is 1.66 bits per heavy atom. The molecule has 31 heteroatoms. The molecule has 0 radical (unpaired) electrons. The number of benzene rings is 2. The van der Waals surface area contributed by atoms with Crippen LogP contribution in [0, 0.1) is 22.7 Å². The average molecular weight is 1420 g/mol. The number of amides is 1. The maximum absolute atomic E-state index is 14.3. The van der Waals surface area contributed by atoms with E-state index in [2.05, 4.69) is 48.6 Å². The van der Waals surface area contributed by atoms with Crippen molar-refractivity contribution in [1.82, 2.24) is 39.4 Å². The van der Waals surface area contributed by atoms with Crippen LogP contribution in [0.4, 0.5) is 11.6 Å². The zero-order valence-electron chi connectivity index (χ0n) is 57.1. The predicted octanol–water partition coefficient (Wildman–Crippen LogP) is 10.9. The molecule has 2 saturated carbocycles. The molecule has 540 valence electrons. The van der Waals surface area contributed by atoms with E-state index in [1.54, 1.807) is 91.2 Å². The van der Waals surface area contributed by atoms with E-state index in [-0.39, 0.29) is 46.9 Å². The number of nitrogens with zero attached hydrogens (tertiary/aromatic N) is 8. The van der Waals surface area contributed by atoms with Crippen LogP contribution >= 0.6 is 15.5 Å². The van der Waals surface area contributed by atoms with Gasteiger partial charge >= 0.3 is 27.4 Å². The Bertz CT molecular complexity index is 3900. The molecule has 6 aromatic rings. The number of nitrogens with two attached hydrogens (primary N) is 1. The third kappa shape index (κ3) is 18.6. The fourth-order valence-corrected chi connectivity index (χ4v) is 16.0. The van der Waals surface area contributed by atoms with Crippen molar-refractivity contribution in [3.8, 4) is 23.6 Å². The first-order valence-electron chi connectivity index (χ1n) is 34.6. The van der Waals surface area contributed by atoms with Gasteiger partial charge in [0.1, 0.15) is 121 Å². The second-order valence-corrected chi connectivity index (χ2v) is 29.9. The highest BCUT2D eigenvalue weighted by atomic mass is 31.2. The van der Waals surface area contributed by atoms with Crippen molar-refractivity contribution < 1.29 is 80.2 Å². The van der Waals surface area contributed by atoms with Crippen molar-refractivity contribution in [3.05, 3.63) is 109 Å². The summed E-state index contributed by atoms with van der Waals surface area (Å²) in [6.45, 7) is 7.27. The van der Waals surface area contributed by atoms with Crippen molar-refractivity contribution in [1.29, 1.82) is 10.5 Å². The lowest BCUT2D eigenvalue weighted by Gasteiger charge is -2.31. The summed E-state index contributed by atoms with van der Waals surface area (Å²) >= 11 is 0. The summed E-state index contributed by atoms with van der Waals surface area (Å²) in [6.07, 6.45) is 14.5. The number of para-hydroxylation sites is 2. The molecule has 100 heavy (non-hydrogen) atoms. The standard InChI is InChI=1S/C39H55N6O9P.C30H37N6O8P/c1-3-4-5-6-7-8-9-10-17-22-33(46)43-37-32-24-23-31(45(32)42-27-41-37)35-34(47)36(48)39(25-40,53-35)26-51-55(50,54-30-20-15-12-16-21-30)44-28(2)38(49)52-29-18-13-11-14-19-29;1-19(28(37)40-20-10-6-4-7-11-20)35-45(38,44-21-12-8-5-9-13-21)39-17-30(16-31)26-25(41-29(2,3)43-26)24(42-30)22-14-15-23-27(32)33-18-34-36(22)23/h12,15-16,20-21,23-24,27-29,34-36,47-48H,3-11,13-14,17-19,22,26H2,1-2H3,(H,44,50)(H,41,42,43,46);5,8-9,12-15,18-20,24-26H,4,6-7,10-11,17H2,1-3H3,(H,35,38)(H2,32,33,34)/t28-,34-,35-,36-,39+,55-;19-,24-,25-,26-,30+,45-/m00/s1. The van der Waals surface area contributed by atoms with E-state index in [0.29, 0.717) is 23.1 Å². The highest BCUT2D eigenvalue weighted by Crippen LogP contribution is 2.54. The van der Waals surface area contributed by atoms with Crippen molar-refractivity contribution in [2.45, 2.75) is 241 Å². The number of aliphatic hydroxyl groups is 2. The van der Waals surface area contributed by atoms with Crippen molar-refractivity contribution >= 4 is 56.0 Å². The van der Waals surface area contributed by atoms with Gasteiger partial charge in [0.2, 0.25) is 17.1 Å². The van der Waals surface area contributed by atoms with Gasteiger partial charge in [-0.3, -0.25) is 23.4 Å². The number of unbranched alkanes of at least 4 members (excludes halogenated alkanes) is 8. The van der Waals surface area contributed by atoms with Crippen LogP contribution in [-0.2, 0) is 61.0 Å². The number of nitrogen functional groups attached to an aromatic ring is 1. The summed E-state index contributed by atoms with van der Waals surface area (Å²) in [5, 5.41) is 60.2. The first-order valence-corrected chi connectivity index (χ1v) is 37.7. The molecule has 29 nitrogen and oxygen atoms in total. The lowest BCUT2D eigenvalue weighted by Crippen LogP contribution is -2.46. The van der Waals surface area contributed by atoms with E-state index in [9.17, 15) is 44.3 Å². The molecule has 0 bridgehead atoms. The van der Waals surface area contributed by atoms with E-state index in [4.69, 9.17) is 52.2 Å². The van der Waals surface area contributed by atoms with Crippen molar-refractivity contribution in [3.63, 3.8) is 0 Å². The van der Waals surface area contributed by atoms with Gasteiger partial charge in [0.25, 0.3) is 0 Å². The van der Waals surface area contributed by atoms with Gasteiger partial charge in [-0.15, -0.1) is 0 Å². The summed E-state index contributed by atoms with van der Waals surface area (Å²) < 4.78 is 91.0. The molecule has 12 atom stereocenters. The molecule has 1 amide bonds. The van der Waals surface area contributed by atoms with Gasteiger partial charge in [-0.1, -0.05) is 108 Å². The van der Waals surface area contributed by atoms with Crippen LogP contribution in [0.2, 0.25) is 0 Å². The van der Waals surface area contributed by atoms with Crippen LogP contribution in [0.3, 0.4) is 0 Å². The van der Waals surface area contributed by atoms with Crippen LogP contribution < -0.4 is 30.3 Å². The predicted molar refractivity (Wildman–Crippen MR) is 363 cm³/mol. The Morgan fingerprint density at radius 2 is 1.12 bits per heavy atom. The molecule has 5 aliphatic rings. The molecule has 3 saturated heterocycles. The molecule has 2 aromatic carbocycles. The number of hydrogen-bond donors (Lipinski definition) is 6. The average Bonchev–Trinajstić information content (AvgIpc) is 1.57. The smallest absolute Gasteiger partial charge is 0.459 e. The van der Waals surface area contributed by atoms with Crippen molar-refractivity contribution in [2.75, 3.05) is 24.3 Å². The van der Waals surface area contributed by atoms with Gasteiger partial charge in [-0.05, 0) is 134 Å². The number of anilines is 2. The second-order valence-electron chi connectivity index (χ2n) is 26.5. The molecule has 7 N–H and O–H groups in total. The zero-order valence-corrected chi connectivity index (χ0v) is 58.9. The monoisotopic (exact) mass is 1420 g/mol. The number of hydrogen-bond acceptors (Lipinski definition) is 24. The minimum Gasteiger partial charge on any atom is -0.461 e. The normalized spacial score (nSPS) is 25.4. The Labute approximate surface area is 581 Å². The number of nitriles is 2. The van der Waals surface area contributed by atoms with Crippen LogP contribution in [-0.4, -0.2) is 136 Å². The molecular formula is C69H92N12O17P2. The summed E-state index contributed by atoms with van der Waals surface area (Å²) in [5.41, 5.74) is 3.79. The summed E-state index contributed by atoms with van der Waals surface area (Å²) in [5.74, 6) is -1.57. The maximum Gasteiger partial charge on any atom is 0.459 e. The lowest BCUT2D eigenvalue weighted by molar-refractivity contribution is -0.204. The summed E-state index contributed by atoms with van der Waals surface area (Å²) in [6, 6.07) is 25.1. The number of esters is 2. The molecule has 0 unspecified atom stereocenters. The van der Waals surface area contributed by atoms with Crippen LogP contribution in [0.15, 0.2) is 97.6 Å². The topological polar surface area (TPSA) is 388 Å². The fourth-order valence-electron chi connectivity index (χ4n) is 13.0. The molecular weight excluding hydrogens is 1330 g/mol. The first-order chi connectivity index (χ1) is 48.1. The molecule has 7 heterocycles. The number of carbonyl (C=O) groups is 3. The molecule has 0 spiro atoms. The minimum atomic E-state index is -4.46. The first kappa shape index (κ1) is 75.2. The summed E-state index contributed by atoms with van der Waals surface area (Å²) in [7, 11) is -8.79. The molecule has 11 rings (SSSR count). The van der Waals surface area contributed by atoms with Gasteiger partial charge in [-0.2, -0.15) is 30.9 Å². The van der Waals surface area contributed by atoms with Gasteiger partial charge in [0, 0.05) is 6.42 Å². The zero-order chi connectivity index (χ0) is 71.1. The number of ether oxygens (including phenoxy) is 6. The van der Waals surface area contributed by atoms with Gasteiger partial charge < -0.3 is 58.7 Å². The van der Waals surface area contributed by atoms with E-state index in [0.717, 1.165) is 83.5 Å². The number of aliphatic hydroxyl groups excluding tert-OH is 2. The van der Waals surface area contributed by atoms with E-state index in [1.165, 1.54) is 81.7 Å². The molecule has 2 aliphatic carbocycles. The molecule has 3 aliphatic heterocycles. The largest absolute Gasteiger partial charge is 0.461 e. The SMILES string of the molecule is CCCCCCCCCCCC(=O)Nc1ncnn2c([C@@H]3O[C@](C#N)(CO[P@@](=O)(N[C@@H](C)C(=O)OC4CCCCC4)Oc4ccccc4)[C@@H](O)[C@H]3O)ccc12.C[C@H](N[P@](=O)(OC[C@@]1(C#N)O[C@@H](c2ccc3c(N)ncnn23)[C@@H]2OC(C)(C)O[C@@H]21)Oc1ccccc1)C(=O)OC1CCCCC1. The third-order valence-corrected chi connectivity index (χ3v) is 21.6. The number of carbonyl (C=O) groups excluding carboxylic acids is 3. The van der Waals surface area contributed by atoms with Gasteiger partial charge in [-0.25, -0.2) is 28.1 Å². The Kier molecular flexibility index (Phi) is 25.6. The maximum atomic E-state index is 14.3. The Morgan fingerprint density at radius 1 is 0.640 bits per heavy atom. The van der Waals surface area contributed by atoms with E-state index >= 15 is 0 Å².